The Bertz CT molecular complexity index is 568. The summed E-state index contributed by atoms with van der Waals surface area (Å²) in [4.78, 5) is 0. The van der Waals surface area contributed by atoms with Crippen molar-refractivity contribution >= 4 is 11.6 Å². The average molecular weight is 300 g/mol. The third-order valence-electron chi connectivity index (χ3n) is 3.41. The van der Waals surface area contributed by atoms with E-state index in [-0.39, 0.29) is 17.8 Å². The van der Waals surface area contributed by atoms with Gasteiger partial charge in [0, 0.05) is 5.02 Å². The first-order chi connectivity index (χ1) is 10.1. The molecule has 0 aliphatic carbocycles. The highest BCUT2D eigenvalue weighted by molar-refractivity contribution is 6.30. The zero-order valence-corrected chi connectivity index (χ0v) is 12.6. The smallest absolute Gasteiger partial charge is 0.115 e. The molecule has 0 spiro atoms. The normalized spacial score (nSPS) is 13.4. The van der Waals surface area contributed by atoms with Crippen molar-refractivity contribution in [2.75, 3.05) is 0 Å². The number of hydrogen-bond acceptors (Lipinski definition) is 2. The number of nitrogens with one attached hydrogen (secondary N) is 1. The van der Waals surface area contributed by atoms with Crippen molar-refractivity contribution in [2.45, 2.75) is 25.4 Å². The Labute approximate surface area is 130 Å². The summed E-state index contributed by atoms with van der Waals surface area (Å²) in [5.41, 5.74) is 2.13. The lowest BCUT2D eigenvalue weighted by Crippen LogP contribution is -2.31. The molecule has 0 aromatic heterocycles. The summed E-state index contributed by atoms with van der Waals surface area (Å²) in [6.07, 6.45) is 6.41. The molecule has 0 fully saturated rings. The van der Waals surface area contributed by atoms with E-state index in [0.717, 1.165) is 17.5 Å². The van der Waals surface area contributed by atoms with Gasteiger partial charge >= 0.3 is 0 Å². The maximum atomic E-state index is 9.45. The summed E-state index contributed by atoms with van der Waals surface area (Å²) in [7, 11) is 0. The molecule has 0 aliphatic rings. The monoisotopic (exact) mass is 299 g/mol. The van der Waals surface area contributed by atoms with Crippen molar-refractivity contribution in [1.29, 1.82) is 0 Å². The Balaban J connectivity index is 2.36. The first-order valence-electron chi connectivity index (χ1n) is 6.90. The predicted molar refractivity (Wildman–Crippen MR) is 87.4 cm³/mol. The Morgan fingerprint density at radius 1 is 1.10 bits per heavy atom. The number of aromatic hydroxyl groups is 1. The number of hydrogen-bond donors (Lipinski definition) is 2. The van der Waals surface area contributed by atoms with Gasteiger partial charge in [-0.15, -0.1) is 6.42 Å². The lowest BCUT2D eigenvalue weighted by atomic mass is 9.97. The standard InChI is InChI=1S/C18H18ClNO/c1-3-16(4-2)20-18(13-5-9-15(19)10-6-13)14-7-11-17(21)12-8-14/h1,5-12,16,18,20-21H,4H2,2H3. The van der Waals surface area contributed by atoms with E-state index < -0.39 is 0 Å². The fourth-order valence-corrected chi connectivity index (χ4v) is 2.32. The van der Waals surface area contributed by atoms with Crippen LogP contribution in [0.3, 0.4) is 0 Å². The van der Waals surface area contributed by atoms with E-state index >= 15 is 0 Å². The highest BCUT2D eigenvalue weighted by atomic mass is 35.5. The van der Waals surface area contributed by atoms with Crippen LogP contribution in [0.25, 0.3) is 0 Å². The van der Waals surface area contributed by atoms with Gasteiger partial charge in [-0.3, -0.25) is 5.32 Å². The summed E-state index contributed by atoms with van der Waals surface area (Å²) in [6, 6.07) is 14.8. The predicted octanol–water partition coefficient (Wildman–Crippen LogP) is 4.14. The fourth-order valence-electron chi connectivity index (χ4n) is 2.19. The molecule has 0 radical (unpaired) electrons. The lowest BCUT2D eigenvalue weighted by molar-refractivity contribution is 0.474. The highest BCUT2D eigenvalue weighted by Gasteiger charge is 2.17. The van der Waals surface area contributed by atoms with Gasteiger partial charge < -0.3 is 5.11 Å². The van der Waals surface area contributed by atoms with Gasteiger partial charge in [-0.05, 0) is 41.8 Å². The molecule has 0 aliphatic heterocycles. The van der Waals surface area contributed by atoms with Crippen molar-refractivity contribution in [2.24, 2.45) is 0 Å². The van der Waals surface area contributed by atoms with Crippen LogP contribution in [0, 0.1) is 12.3 Å². The molecule has 108 valence electrons. The van der Waals surface area contributed by atoms with Crippen LogP contribution in [-0.2, 0) is 0 Å². The van der Waals surface area contributed by atoms with Crippen molar-refractivity contribution in [3.05, 3.63) is 64.7 Å². The van der Waals surface area contributed by atoms with Gasteiger partial charge in [-0.1, -0.05) is 48.7 Å². The van der Waals surface area contributed by atoms with Gasteiger partial charge in [0.15, 0.2) is 0 Å². The third kappa shape index (κ3) is 4.01. The summed E-state index contributed by atoms with van der Waals surface area (Å²) in [5, 5.41) is 13.6. The highest BCUT2D eigenvalue weighted by Crippen LogP contribution is 2.25. The number of phenolic OH excluding ortho intramolecular Hbond substituents is 1. The van der Waals surface area contributed by atoms with E-state index in [1.165, 1.54) is 0 Å². The number of benzene rings is 2. The molecule has 2 rings (SSSR count). The van der Waals surface area contributed by atoms with Gasteiger partial charge in [0.2, 0.25) is 0 Å². The number of terminal acetylenes is 1. The zero-order valence-electron chi connectivity index (χ0n) is 11.9. The zero-order chi connectivity index (χ0) is 15.2. The first kappa shape index (κ1) is 15.4. The minimum Gasteiger partial charge on any atom is -0.508 e. The van der Waals surface area contributed by atoms with E-state index in [9.17, 15) is 5.11 Å². The van der Waals surface area contributed by atoms with Gasteiger partial charge in [-0.25, -0.2) is 0 Å². The first-order valence-corrected chi connectivity index (χ1v) is 7.28. The van der Waals surface area contributed by atoms with E-state index in [0.29, 0.717) is 5.02 Å². The SMILES string of the molecule is C#CC(CC)NC(c1ccc(O)cc1)c1ccc(Cl)cc1. The van der Waals surface area contributed by atoms with E-state index in [2.05, 4.69) is 11.2 Å². The minimum atomic E-state index is -0.0381. The maximum absolute atomic E-state index is 9.45. The molecule has 2 aromatic carbocycles. The van der Waals surface area contributed by atoms with E-state index in [1.807, 2.05) is 43.3 Å². The molecule has 21 heavy (non-hydrogen) atoms. The summed E-state index contributed by atoms with van der Waals surface area (Å²) < 4.78 is 0. The van der Waals surface area contributed by atoms with Crippen molar-refractivity contribution in [3.8, 4) is 18.1 Å². The second-order valence-electron chi connectivity index (χ2n) is 4.87. The van der Waals surface area contributed by atoms with Gasteiger partial charge in [-0.2, -0.15) is 0 Å². The van der Waals surface area contributed by atoms with Crippen molar-refractivity contribution in [1.82, 2.24) is 5.32 Å². The van der Waals surface area contributed by atoms with E-state index in [1.54, 1.807) is 12.1 Å². The molecule has 2 nitrogen and oxygen atoms in total. The van der Waals surface area contributed by atoms with Crippen molar-refractivity contribution < 1.29 is 5.11 Å². The second-order valence-corrected chi connectivity index (χ2v) is 5.31. The topological polar surface area (TPSA) is 32.3 Å². The van der Waals surface area contributed by atoms with Crippen LogP contribution in [0.1, 0.15) is 30.5 Å². The Kier molecular flexibility index (Phi) is 5.27. The fraction of sp³-hybridized carbons (Fsp3) is 0.222. The van der Waals surface area contributed by atoms with Crippen molar-refractivity contribution in [3.63, 3.8) is 0 Å². The molecule has 2 unspecified atom stereocenters. The van der Waals surface area contributed by atoms with E-state index in [4.69, 9.17) is 18.0 Å². The molecule has 0 saturated heterocycles. The molecule has 0 saturated carbocycles. The van der Waals surface area contributed by atoms with Crippen LogP contribution in [0.2, 0.25) is 5.02 Å². The van der Waals surface area contributed by atoms with Crippen LogP contribution in [0.4, 0.5) is 0 Å². The van der Waals surface area contributed by atoms with Gasteiger partial charge in [0.1, 0.15) is 5.75 Å². The summed E-state index contributed by atoms with van der Waals surface area (Å²) in [5.74, 6) is 3.01. The average Bonchev–Trinajstić information content (AvgIpc) is 2.51. The van der Waals surface area contributed by atoms with Crippen LogP contribution in [0.5, 0.6) is 5.75 Å². The third-order valence-corrected chi connectivity index (χ3v) is 3.66. The molecule has 0 bridgehead atoms. The van der Waals surface area contributed by atoms with Crippen LogP contribution < -0.4 is 5.32 Å². The molecule has 2 atom stereocenters. The Morgan fingerprint density at radius 3 is 2.10 bits per heavy atom. The molecule has 3 heteroatoms. The quantitative estimate of drug-likeness (QED) is 0.813. The van der Waals surface area contributed by atoms with Crippen LogP contribution in [-0.4, -0.2) is 11.1 Å². The second kappa shape index (κ2) is 7.17. The van der Waals surface area contributed by atoms with Gasteiger partial charge in [0.25, 0.3) is 0 Å². The molecular weight excluding hydrogens is 282 g/mol. The maximum Gasteiger partial charge on any atom is 0.115 e. The largest absolute Gasteiger partial charge is 0.508 e. The minimum absolute atomic E-state index is 0.0144. The summed E-state index contributed by atoms with van der Waals surface area (Å²) in [6.45, 7) is 2.05. The van der Waals surface area contributed by atoms with Gasteiger partial charge in [0.05, 0.1) is 12.1 Å². The number of halogens is 1. The molecule has 0 heterocycles. The van der Waals surface area contributed by atoms with Crippen LogP contribution in [0.15, 0.2) is 48.5 Å². The summed E-state index contributed by atoms with van der Waals surface area (Å²) >= 11 is 5.96. The van der Waals surface area contributed by atoms with Crippen LogP contribution >= 0.6 is 11.6 Å². The Morgan fingerprint density at radius 2 is 1.62 bits per heavy atom. The number of rotatable bonds is 5. The Hall–Kier alpha value is -1.95. The molecule has 2 N–H and O–H groups in total. The number of phenols is 1. The molecule has 0 amide bonds. The lowest BCUT2D eigenvalue weighted by Gasteiger charge is -2.23. The molecular formula is C18H18ClNO. The molecule has 2 aromatic rings.